The van der Waals surface area contributed by atoms with Gasteiger partial charge in [0.25, 0.3) is 0 Å². The minimum absolute atomic E-state index is 0.203. The quantitative estimate of drug-likeness (QED) is 0.850. The van der Waals surface area contributed by atoms with Crippen molar-refractivity contribution in [3.8, 4) is 11.4 Å². The van der Waals surface area contributed by atoms with Gasteiger partial charge in [0.15, 0.2) is 0 Å². The first-order valence-electron chi connectivity index (χ1n) is 6.21. The third-order valence-electron chi connectivity index (χ3n) is 3.26. The molecule has 6 heteroatoms. The molecule has 0 spiro atoms. The molecule has 98 valence electrons. The van der Waals surface area contributed by atoms with Crippen LogP contribution in [0.4, 0.5) is 0 Å². The average Bonchev–Trinajstić information content (AvgIpc) is 2.89. The summed E-state index contributed by atoms with van der Waals surface area (Å²) in [5.74, 6) is 0.880. The third-order valence-corrected chi connectivity index (χ3v) is 3.69. The maximum Gasteiger partial charge on any atom is 0.237 e. The second-order valence-electron chi connectivity index (χ2n) is 4.61. The molecule has 1 aliphatic carbocycles. The van der Waals surface area contributed by atoms with E-state index < -0.39 is 0 Å². The Morgan fingerprint density at radius 3 is 3.00 bits per heavy atom. The Bertz CT molecular complexity index is 611. The molecule has 5 nitrogen and oxygen atoms in total. The van der Waals surface area contributed by atoms with Gasteiger partial charge in [-0.15, -0.1) is 0 Å². The molecule has 3 rings (SSSR count). The molecule has 0 aromatic carbocycles. The van der Waals surface area contributed by atoms with Crippen LogP contribution in [-0.2, 0) is 4.79 Å². The molecule has 0 N–H and O–H groups in total. The van der Waals surface area contributed by atoms with Crippen LogP contribution in [-0.4, -0.2) is 20.9 Å². The summed E-state index contributed by atoms with van der Waals surface area (Å²) in [4.78, 5) is 20.2. The lowest BCUT2D eigenvalue weighted by Crippen LogP contribution is -2.17. The largest absolute Gasteiger partial charge is 0.338 e. The molecule has 2 aromatic heterocycles. The van der Waals surface area contributed by atoms with E-state index in [2.05, 4.69) is 31.1 Å². The van der Waals surface area contributed by atoms with Crippen LogP contribution in [0, 0.1) is 0 Å². The van der Waals surface area contributed by atoms with Crippen molar-refractivity contribution in [3.63, 3.8) is 0 Å². The fourth-order valence-corrected chi connectivity index (χ4v) is 2.64. The lowest BCUT2D eigenvalue weighted by atomic mass is 9.88. The summed E-state index contributed by atoms with van der Waals surface area (Å²) >= 11 is 3.35. The summed E-state index contributed by atoms with van der Waals surface area (Å²) in [5, 5.41) is 3.94. The third kappa shape index (κ3) is 2.58. The number of aromatic nitrogens is 3. The monoisotopic (exact) mass is 321 g/mol. The summed E-state index contributed by atoms with van der Waals surface area (Å²) < 4.78 is 6.10. The first-order valence-corrected chi connectivity index (χ1v) is 7.00. The second kappa shape index (κ2) is 5.21. The molecule has 0 aliphatic heterocycles. The van der Waals surface area contributed by atoms with Crippen LogP contribution < -0.4 is 0 Å². The Hall–Kier alpha value is -1.56. The number of pyridine rings is 1. The average molecular weight is 322 g/mol. The number of Topliss-reactive ketones (excluding diaryl/α,β-unsaturated/α-hetero) is 1. The fraction of sp³-hybridized carbons (Fsp3) is 0.385. The van der Waals surface area contributed by atoms with Crippen molar-refractivity contribution in [2.24, 2.45) is 0 Å². The number of carbonyl (C=O) groups excluding carboxylic acids is 1. The van der Waals surface area contributed by atoms with Gasteiger partial charge < -0.3 is 4.52 Å². The highest BCUT2D eigenvalue weighted by molar-refractivity contribution is 9.10. The molecule has 0 radical (unpaired) electrons. The van der Waals surface area contributed by atoms with Crippen molar-refractivity contribution in [1.82, 2.24) is 15.1 Å². The minimum Gasteiger partial charge on any atom is -0.338 e. The molecule has 1 atom stereocenters. The molecule has 0 bridgehead atoms. The highest BCUT2D eigenvalue weighted by Gasteiger charge is 2.29. The molecule has 1 fully saturated rings. The van der Waals surface area contributed by atoms with E-state index in [-0.39, 0.29) is 11.7 Å². The summed E-state index contributed by atoms with van der Waals surface area (Å²) in [6, 6.07) is 1.87. The highest BCUT2D eigenvalue weighted by Crippen LogP contribution is 2.30. The predicted molar refractivity (Wildman–Crippen MR) is 71.4 cm³/mol. The predicted octanol–water partition coefficient (Wildman–Crippen LogP) is 3.12. The molecular weight excluding hydrogens is 310 g/mol. The van der Waals surface area contributed by atoms with Crippen LogP contribution >= 0.6 is 15.9 Å². The Morgan fingerprint density at radius 1 is 1.32 bits per heavy atom. The maximum atomic E-state index is 11.8. The lowest BCUT2D eigenvalue weighted by Gasteiger charge is -2.16. The first-order chi connectivity index (χ1) is 9.24. The Balaban J connectivity index is 1.89. The Kier molecular flexibility index (Phi) is 3.42. The van der Waals surface area contributed by atoms with Crippen molar-refractivity contribution >= 4 is 21.7 Å². The zero-order valence-electron chi connectivity index (χ0n) is 10.2. The van der Waals surface area contributed by atoms with E-state index in [0.717, 1.165) is 29.3 Å². The molecule has 19 heavy (non-hydrogen) atoms. The van der Waals surface area contributed by atoms with Crippen molar-refractivity contribution in [1.29, 1.82) is 0 Å². The van der Waals surface area contributed by atoms with Gasteiger partial charge in [-0.2, -0.15) is 4.98 Å². The van der Waals surface area contributed by atoms with Gasteiger partial charge in [0.1, 0.15) is 5.78 Å². The van der Waals surface area contributed by atoms with Gasteiger partial charge in [-0.25, -0.2) is 0 Å². The van der Waals surface area contributed by atoms with Gasteiger partial charge in [-0.05, 0) is 34.8 Å². The molecule has 1 aliphatic rings. The van der Waals surface area contributed by atoms with Crippen LogP contribution in [0.1, 0.15) is 37.5 Å². The van der Waals surface area contributed by atoms with Gasteiger partial charge in [0, 0.05) is 28.9 Å². The number of hydrogen-bond acceptors (Lipinski definition) is 5. The van der Waals surface area contributed by atoms with E-state index in [9.17, 15) is 4.79 Å². The molecule has 0 amide bonds. The van der Waals surface area contributed by atoms with Crippen LogP contribution in [0.3, 0.4) is 0 Å². The normalized spacial score (nSPS) is 19.6. The number of ketones is 1. The minimum atomic E-state index is -0.227. The first kappa shape index (κ1) is 12.5. The zero-order valence-corrected chi connectivity index (χ0v) is 11.8. The van der Waals surface area contributed by atoms with E-state index in [1.54, 1.807) is 12.4 Å². The van der Waals surface area contributed by atoms with Crippen molar-refractivity contribution in [3.05, 3.63) is 28.8 Å². The van der Waals surface area contributed by atoms with Crippen molar-refractivity contribution in [2.75, 3.05) is 0 Å². The van der Waals surface area contributed by atoms with Gasteiger partial charge in [0.05, 0.1) is 5.92 Å². The number of hydrogen-bond donors (Lipinski definition) is 0. The number of rotatable bonds is 2. The lowest BCUT2D eigenvalue weighted by molar-refractivity contribution is -0.122. The molecule has 0 saturated heterocycles. The van der Waals surface area contributed by atoms with Gasteiger partial charge in [0.2, 0.25) is 11.7 Å². The zero-order chi connectivity index (χ0) is 13.2. The number of carbonyl (C=O) groups is 1. The van der Waals surface area contributed by atoms with E-state index in [4.69, 9.17) is 4.52 Å². The molecule has 2 heterocycles. The fourth-order valence-electron chi connectivity index (χ4n) is 2.27. The van der Waals surface area contributed by atoms with Gasteiger partial charge in [-0.3, -0.25) is 9.78 Å². The second-order valence-corrected chi connectivity index (χ2v) is 5.53. The van der Waals surface area contributed by atoms with Gasteiger partial charge >= 0.3 is 0 Å². The van der Waals surface area contributed by atoms with Crippen LogP contribution in [0.5, 0.6) is 0 Å². The van der Waals surface area contributed by atoms with Crippen LogP contribution in [0.2, 0.25) is 0 Å². The van der Waals surface area contributed by atoms with Crippen molar-refractivity contribution in [2.45, 2.75) is 31.6 Å². The molecule has 2 aromatic rings. The van der Waals surface area contributed by atoms with Crippen LogP contribution in [0.15, 0.2) is 27.5 Å². The summed E-state index contributed by atoms with van der Waals surface area (Å²) in [7, 11) is 0. The van der Waals surface area contributed by atoms with E-state index >= 15 is 0 Å². The summed E-state index contributed by atoms with van der Waals surface area (Å²) in [6.07, 6.45) is 6.77. The Labute approximate surface area is 118 Å². The van der Waals surface area contributed by atoms with E-state index in [0.29, 0.717) is 18.1 Å². The number of nitrogens with zero attached hydrogens (tertiary/aromatic N) is 3. The Morgan fingerprint density at radius 2 is 2.21 bits per heavy atom. The summed E-state index contributed by atoms with van der Waals surface area (Å²) in [5.41, 5.74) is 0.771. The molecule has 1 unspecified atom stereocenters. The van der Waals surface area contributed by atoms with E-state index in [1.807, 2.05) is 6.07 Å². The van der Waals surface area contributed by atoms with Gasteiger partial charge in [-0.1, -0.05) is 11.6 Å². The van der Waals surface area contributed by atoms with Crippen LogP contribution in [0.25, 0.3) is 11.4 Å². The number of halogens is 1. The summed E-state index contributed by atoms with van der Waals surface area (Å²) in [6.45, 7) is 0. The SMILES string of the molecule is O=C1CCCCC1c1nc(-c2cncc(Br)c2)no1. The topological polar surface area (TPSA) is 68.9 Å². The van der Waals surface area contributed by atoms with E-state index in [1.165, 1.54) is 0 Å². The standard InChI is InChI=1S/C13H12BrN3O2/c14-9-5-8(6-15-7-9)12-16-13(19-17-12)10-3-1-2-4-11(10)18/h5-7,10H,1-4H2. The molecule has 1 saturated carbocycles. The smallest absolute Gasteiger partial charge is 0.237 e. The maximum absolute atomic E-state index is 11.8. The molecular formula is C13H12BrN3O2. The van der Waals surface area contributed by atoms with Crippen molar-refractivity contribution < 1.29 is 9.32 Å². The highest BCUT2D eigenvalue weighted by atomic mass is 79.9.